The molecule has 110 valence electrons. The molecule has 1 unspecified atom stereocenters. The molecular weight excluding hydrogens is 258 g/mol. The summed E-state index contributed by atoms with van der Waals surface area (Å²) in [5, 5.41) is 21.2. The topological polar surface area (TPSA) is 98.8 Å². The van der Waals surface area contributed by atoms with Gasteiger partial charge in [-0.05, 0) is 31.0 Å². The highest BCUT2D eigenvalue weighted by molar-refractivity contribution is 5.99. The first kappa shape index (κ1) is 14.6. The third kappa shape index (κ3) is 3.40. The Balaban J connectivity index is 2.19. The van der Waals surface area contributed by atoms with Gasteiger partial charge in [-0.3, -0.25) is 4.79 Å². The molecule has 1 saturated heterocycles. The Labute approximate surface area is 118 Å². The van der Waals surface area contributed by atoms with Gasteiger partial charge in [0, 0.05) is 25.3 Å². The Bertz CT molecular complexity index is 473. The second-order valence-electron chi connectivity index (χ2n) is 5.01. The number of benzene rings is 1. The van der Waals surface area contributed by atoms with Gasteiger partial charge in [-0.1, -0.05) is 0 Å². The number of nitrogens with zero attached hydrogens (tertiary/aromatic N) is 1. The molecule has 6 nitrogen and oxygen atoms in total. The molecule has 6 heteroatoms. The number of carbonyl (C=O) groups excluding carboxylic acids is 1. The lowest BCUT2D eigenvalue weighted by molar-refractivity contribution is 0.100. The van der Waals surface area contributed by atoms with Crippen LogP contribution in [0.25, 0.3) is 0 Å². The van der Waals surface area contributed by atoms with Crippen LogP contribution in [0.5, 0.6) is 0 Å². The lowest BCUT2D eigenvalue weighted by Crippen LogP contribution is -2.25. The zero-order valence-corrected chi connectivity index (χ0v) is 11.4. The summed E-state index contributed by atoms with van der Waals surface area (Å²) in [5.74, 6) is -0.436. The van der Waals surface area contributed by atoms with Gasteiger partial charge in [0.25, 0.3) is 5.91 Å². The van der Waals surface area contributed by atoms with E-state index in [4.69, 9.17) is 10.8 Å². The predicted molar refractivity (Wildman–Crippen MR) is 78.0 cm³/mol. The van der Waals surface area contributed by atoms with Crippen molar-refractivity contribution in [1.82, 2.24) is 0 Å². The molecule has 5 N–H and O–H groups in total. The maximum atomic E-state index is 11.5. The fourth-order valence-electron chi connectivity index (χ4n) is 2.37. The number of hydrogen-bond acceptors (Lipinski definition) is 5. The Morgan fingerprint density at radius 1 is 1.40 bits per heavy atom. The smallest absolute Gasteiger partial charge is 0.250 e. The molecule has 0 saturated carbocycles. The quantitative estimate of drug-likeness (QED) is 0.594. The van der Waals surface area contributed by atoms with E-state index in [0.29, 0.717) is 5.56 Å². The number of rotatable bonds is 6. The van der Waals surface area contributed by atoms with Gasteiger partial charge in [0.05, 0.1) is 24.0 Å². The predicted octanol–water partition coefficient (Wildman–Crippen LogP) is 0.151. The third-order valence-corrected chi connectivity index (χ3v) is 3.46. The average Bonchev–Trinajstić information content (AvgIpc) is 2.98. The van der Waals surface area contributed by atoms with Crippen LogP contribution >= 0.6 is 0 Å². The van der Waals surface area contributed by atoms with E-state index in [1.54, 1.807) is 12.1 Å². The van der Waals surface area contributed by atoms with E-state index in [1.165, 1.54) is 0 Å². The molecule has 1 heterocycles. The van der Waals surface area contributed by atoms with Crippen LogP contribution in [0.3, 0.4) is 0 Å². The number of nitrogens with two attached hydrogens (primary N) is 1. The van der Waals surface area contributed by atoms with Gasteiger partial charge in [0.2, 0.25) is 0 Å². The molecule has 1 atom stereocenters. The summed E-state index contributed by atoms with van der Waals surface area (Å²) >= 11 is 0. The van der Waals surface area contributed by atoms with Crippen LogP contribution in [0, 0.1) is 0 Å². The highest BCUT2D eigenvalue weighted by atomic mass is 16.3. The van der Waals surface area contributed by atoms with Crippen molar-refractivity contribution in [3.05, 3.63) is 23.8 Å². The molecule has 0 aromatic heterocycles. The second-order valence-corrected chi connectivity index (χ2v) is 5.01. The van der Waals surface area contributed by atoms with Crippen LogP contribution in [0.15, 0.2) is 18.2 Å². The molecule has 2 rings (SSSR count). The fourth-order valence-corrected chi connectivity index (χ4v) is 2.37. The lowest BCUT2D eigenvalue weighted by atomic mass is 10.1. The van der Waals surface area contributed by atoms with E-state index in [2.05, 4.69) is 10.2 Å². The summed E-state index contributed by atoms with van der Waals surface area (Å²) in [6, 6.07) is 5.32. The minimum atomic E-state index is -0.805. The molecule has 0 spiro atoms. The number of anilines is 2. The number of amides is 1. The van der Waals surface area contributed by atoms with Gasteiger partial charge < -0.3 is 26.2 Å². The second kappa shape index (κ2) is 6.58. The molecule has 1 amide bonds. The Morgan fingerprint density at radius 2 is 2.10 bits per heavy atom. The minimum absolute atomic E-state index is 0.256. The van der Waals surface area contributed by atoms with E-state index in [9.17, 15) is 9.90 Å². The number of aliphatic hydroxyl groups excluding tert-OH is 2. The van der Waals surface area contributed by atoms with Gasteiger partial charge in [-0.2, -0.15) is 0 Å². The SMILES string of the molecule is NC(=O)c1ccc(NCC(O)CO)cc1N1CCCC1. The van der Waals surface area contributed by atoms with Gasteiger partial charge in [-0.15, -0.1) is 0 Å². The van der Waals surface area contributed by atoms with Crippen molar-refractivity contribution >= 4 is 17.3 Å². The molecule has 20 heavy (non-hydrogen) atoms. The molecule has 0 bridgehead atoms. The van der Waals surface area contributed by atoms with Crippen molar-refractivity contribution in [2.45, 2.75) is 18.9 Å². The Hall–Kier alpha value is -1.79. The van der Waals surface area contributed by atoms with Crippen molar-refractivity contribution < 1.29 is 15.0 Å². The van der Waals surface area contributed by atoms with Crippen molar-refractivity contribution in [3.63, 3.8) is 0 Å². The molecule has 1 aromatic rings. The molecule has 0 aliphatic carbocycles. The highest BCUT2D eigenvalue weighted by Crippen LogP contribution is 2.27. The Kier molecular flexibility index (Phi) is 4.81. The highest BCUT2D eigenvalue weighted by Gasteiger charge is 2.18. The maximum absolute atomic E-state index is 11.5. The summed E-state index contributed by atoms with van der Waals surface area (Å²) in [4.78, 5) is 13.7. The van der Waals surface area contributed by atoms with Gasteiger partial charge >= 0.3 is 0 Å². The molecule has 1 fully saturated rings. The van der Waals surface area contributed by atoms with Crippen LogP contribution < -0.4 is 16.0 Å². The van der Waals surface area contributed by atoms with Crippen molar-refractivity contribution in [2.75, 3.05) is 36.5 Å². The summed E-state index contributed by atoms with van der Waals surface area (Å²) in [5.41, 5.74) is 7.56. The number of hydrogen-bond donors (Lipinski definition) is 4. The van der Waals surface area contributed by atoms with E-state index < -0.39 is 12.0 Å². The van der Waals surface area contributed by atoms with E-state index in [1.807, 2.05) is 6.07 Å². The van der Waals surface area contributed by atoms with E-state index in [0.717, 1.165) is 37.3 Å². The van der Waals surface area contributed by atoms with Gasteiger partial charge in [0.15, 0.2) is 0 Å². The summed E-state index contributed by atoms with van der Waals surface area (Å²) in [6.07, 6.45) is 1.42. The van der Waals surface area contributed by atoms with Crippen LogP contribution in [-0.4, -0.2) is 48.5 Å². The monoisotopic (exact) mass is 279 g/mol. The third-order valence-electron chi connectivity index (χ3n) is 3.46. The first-order valence-electron chi connectivity index (χ1n) is 6.83. The van der Waals surface area contributed by atoms with Crippen LogP contribution in [0.4, 0.5) is 11.4 Å². The van der Waals surface area contributed by atoms with Crippen LogP contribution in [-0.2, 0) is 0 Å². The van der Waals surface area contributed by atoms with Crippen molar-refractivity contribution in [1.29, 1.82) is 0 Å². The normalized spacial score (nSPS) is 16.2. The summed E-state index contributed by atoms with van der Waals surface area (Å²) < 4.78 is 0. The zero-order valence-electron chi connectivity index (χ0n) is 11.4. The number of nitrogens with one attached hydrogen (secondary N) is 1. The van der Waals surface area contributed by atoms with E-state index in [-0.39, 0.29) is 13.2 Å². The molecule has 0 radical (unpaired) electrons. The Morgan fingerprint density at radius 3 is 2.70 bits per heavy atom. The largest absolute Gasteiger partial charge is 0.394 e. The summed E-state index contributed by atoms with van der Waals surface area (Å²) in [6.45, 7) is 1.81. The van der Waals surface area contributed by atoms with Crippen LogP contribution in [0.1, 0.15) is 23.2 Å². The van der Waals surface area contributed by atoms with Gasteiger partial charge in [-0.25, -0.2) is 0 Å². The zero-order chi connectivity index (χ0) is 14.5. The van der Waals surface area contributed by atoms with E-state index >= 15 is 0 Å². The molecule has 1 aliphatic heterocycles. The molecule has 1 aromatic carbocycles. The number of carbonyl (C=O) groups is 1. The maximum Gasteiger partial charge on any atom is 0.250 e. The van der Waals surface area contributed by atoms with Crippen molar-refractivity contribution in [2.24, 2.45) is 5.73 Å². The first-order chi connectivity index (χ1) is 9.61. The number of primary amides is 1. The number of aliphatic hydroxyl groups is 2. The van der Waals surface area contributed by atoms with Crippen LogP contribution in [0.2, 0.25) is 0 Å². The lowest BCUT2D eigenvalue weighted by Gasteiger charge is -2.21. The minimum Gasteiger partial charge on any atom is -0.394 e. The first-order valence-corrected chi connectivity index (χ1v) is 6.83. The molecule has 1 aliphatic rings. The van der Waals surface area contributed by atoms with Gasteiger partial charge in [0.1, 0.15) is 0 Å². The molecular formula is C14H21N3O3. The average molecular weight is 279 g/mol. The van der Waals surface area contributed by atoms with Crippen molar-refractivity contribution in [3.8, 4) is 0 Å². The summed E-state index contributed by atoms with van der Waals surface area (Å²) in [7, 11) is 0. The fraction of sp³-hybridized carbons (Fsp3) is 0.500. The standard InChI is InChI=1S/C14H21N3O3/c15-14(20)12-4-3-10(16-8-11(19)9-18)7-13(12)17-5-1-2-6-17/h3-4,7,11,16,18-19H,1-2,5-6,8-9H2,(H2,15,20).